The van der Waals surface area contributed by atoms with E-state index in [0.29, 0.717) is 0 Å². The predicted molar refractivity (Wildman–Crippen MR) is 66.4 cm³/mol. The molecule has 0 saturated heterocycles. The molecule has 1 rings (SSSR count). The molecule has 1 aromatic carbocycles. The molecule has 5 heteroatoms. The molecule has 0 fully saturated rings. The van der Waals surface area contributed by atoms with Gasteiger partial charge in [0.05, 0.1) is 6.42 Å². The normalized spacial score (nSPS) is 9.69. The van der Waals surface area contributed by atoms with Crippen LogP contribution in [-0.2, 0) is 11.2 Å². The van der Waals surface area contributed by atoms with Gasteiger partial charge in [-0.3, -0.25) is 4.79 Å². The van der Waals surface area contributed by atoms with Crippen LogP contribution in [-0.4, -0.2) is 32.2 Å². The van der Waals surface area contributed by atoms with Gasteiger partial charge in [0.15, 0.2) is 0 Å². The number of hydrogen-bond donors (Lipinski definition) is 4. The molecule has 0 saturated carbocycles. The van der Waals surface area contributed by atoms with Crippen molar-refractivity contribution in [2.75, 3.05) is 37.1 Å². The fraction of sp³-hybridized carbons (Fsp3) is 0.364. The molecule has 0 atom stereocenters. The number of rotatable bonds is 5. The van der Waals surface area contributed by atoms with Crippen molar-refractivity contribution in [1.29, 1.82) is 0 Å². The molecular formula is C11H17N3O2. The lowest BCUT2D eigenvalue weighted by Gasteiger charge is -2.15. The van der Waals surface area contributed by atoms with Crippen LogP contribution in [0.5, 0.6) is 0 Å². The summed E-state index contributed by atoms with van der Waals surface area (Å²) in [5, 5.41) is 17.9. The first-order valence-electron chi connectivity index (χ1n) is 5.04. The van der Waals surface area contributed by atoms with Gasteiger partial charge in [0.25, 0.3) is 0 Å². The highest BCUT2D eigenvalue weighted by molar-refractivity contribution is 5.81. The van der Waals surface area contributed by atoms with E-state index in [4.69, 9.17) is 5.11 Å². The van der Waals surface area contributed by atoms with E-state index >= 15 is 0 Å². The van der Waals surface area contributed by atoms with Gasteiger partial charge in [0.1, 0.15) is 0 Å². The highest BCUT2D eigenvalue weighted by Crippen LogP contribution is 2.29. The van der Waals surface area contributed by atoms with E-state index in [-0.39, 0.29) is 6.42 Å². The minimum atomic E-state index is -0.842. The molecule has 0 unspecified atom stereocenters. The van der Waals surface area contributed by atoms with Crippen molar-refractivity contribution in [1.82, 2.24) is 0 Å². The van der Waals surface area contributed by atoms with Crippen molar-refractivity contribution in [3.63, 3.8) is 0 Å². The van der Waals surface area contributed by atoms with Crippen molar-refractivity contribution in [2.45, 2.75) is 6.42 Å². The van der Waals surface area contributed by atoms with Gasteiger partial charge in [-0.15, -0.1) is 0 Å². The van der Waals surface area contributed by atoms with Gasteiger partial charge in [-0.05, 0) is 12.1 Å². The first-order valence-corrected chi connectivity index (χ1v) is 5.04. The Morgan fingerprint density at radius 3 is 1.94 bits per heavy atom. The summed E-state index contributed by atoms with van der Waals surface area (Å²) >= 11 is 0. The number of anilines is 3. The third-order valence-electron chi connectivity index (χ3n) is 2.41. The van der Waals surface area contributed by atoms with E-state index in [9.17, 15) is 4.79 Å². The Morgan fingerprint density at radius 1 is 1.12 bits per heavy atom. The van der Waals surface area contributed by atoms with Crippen LogP contribution in [0, 0.1) is 0 Å². The summed E-state index contributed by atoms with van der Waals surface area (Å²) in [6.45, 7) is 0. The molecule has 0 heterocycles. The van der Waals surface area contributed by atoms with E-state index < -0.39 is 5.97 Å². The first-order chi connectivity index (χ1) is 7.62. The average molecular weight is 223 g/mol. The summed E-state index contributed by atoms with van der Waals surface area (Å²) < 4.78 is 0. The number of carbonyl (C=O) groups is 1. The maximum atomic E-state index is 10.8. The molecule has 1 aromatic rings. The molecule has 4 N–H and O–H groups in total. The molecule has 88 valence electrons. The molecule has 0 bridgehead atoms. The van der Waals surface area contributed by atoms with Crippen LogP contribution in [0.25, 0.3) is 0 Å². The second-order valence-corrected chi connectivity index (χ2v) is 3.37. The Morgan fingerprint density at radius 2 is 1.62 bits per heavy atom. The minimum Gasteiger partial charge on any atom is -0.481 e. The van der Waals surface area contributed by atoms with Gasteiger partial charge in [0, 0.05) is 43.8 Å². The van der Waals surface area contributed by atoms with Gasteiger partial charge >= 0.3 is 5.97 Å². The zero-order valence-electron chi connectivity index (χ0n) is 9.72. The van der Waals surface area contributed by atoms with Gasteiger partial charge < -0.3 is 21.1 Å². The van der Waals surface area contributed by atoms with Gasteiger partial charge in [-0.1, -0.05) is 0 Å². The smallest absolute Gasteiger partial charge is 0.307 e. The molecule has 16 heavy (non-hydrogen) atoms. The third-order valence-corrected chi connectivity index (χ3v) is 2.41. The maximum absolute atomic E-state index is 10.8. The highest BCUT2D eigenvalue weighted by atomic mass is 16.4. The lowest BCUT2D eigenvalue weighted by Crippen LogP contribution is -2.08. The standard InChI is InChI=1S/C11H17N3O2/c1-12-7-4-9(13-2)8(6-11(15)16)10(5-7)14-3/h4-5,12-14H,6H2,1-3H3,(H,15,16). The Balaban J connectivity index is 3.25. The van der Waals surface area contributed by atoms with Crippen LogP contribution in [0.2, 0.25) is 0 Å². The van der Waals surface area contributed by atoms with E-state index in [1.807, 2.05) is 19.2 Å². The molecule has 0 spiro atoms. The van der Waals surface area contributed by atoms with E-state index in [2.05, 4.69) is 16.0 Å². The summed E-state index contributed by atoms with van der Waals surface area (Å²) in [5.74, 6) is -0.842. The van der Waals surface area contributed by atoms with Crippen LogP contribution in [0.3, 0.4) is 0 Å². The highest BCUT2D eigenvalue weighted by Gasteiger charge is 2.12. The molecule has 0 aromatic heterocycles. The summed E-state index contributed by atoms with van der Waals surface area (Å²) in [6, 6.07) is 3.78. The largest absolute Gasteiger partial charge is 0.481 e. The van der Waals surface area contributed by atoms with Gasteiger partial charge in [0.2, 0.25) is 0 Å². The Hall–Kier alpha value is -1.91. The molecule has 0 aliphatic heterocycles. The number of benzene rings is 1. The third kappa shape index (κ3) is 2.56. The zero-order valence-corrected chi connectivity index (χ0v) is 9.72. The van der Waals surface area contributed by atoms with Crippen molar-refractivity contribution in [3.05, 3.63) is 17.7 Å². The van der Waals surface area contributed by atoms with Gasteiger partial charge in [-0.2, -0.15) is 0 Å². The Bertz CT molecular complexity index is 366. The lowest BCUT2D eigenvalue weighted by atomic mass is 10.1. The van der Waals surface area contributed by atoms with Crippen LogP contribution >= 0.6 is 0 Å². The Kier molecular flexibility index (Phi) is 3.99. The van der Waals surface area contributed by atoms with Crippen LogP contribution < -0.4 is 16.0 Å². The van der Waals surface area contributed by atoms with Crippen molar-refractivity contribution in [3.8, 4) is 0 Å². The maximum Gasteiger partial charge on any atom is 0.307 e. The summed E-state index contributed by atoms with van der Waals surface area (Å²) in [7, 11) is 5.38. The number of nitrogens with one attached hydrogen (secondary N) is 3. The predicted octanol–water partition coefficient (Wildman–Crippen LogP) is 1.44. The molecule has 5 nitrogen and oxygen atoms in total. The van der Waals surface area contributed by atoms with E-state index in [1.54, 1.807) is 14.1 Å². The zero-order chi connectivity index (χ0) is 12.1. The van der Waals surface area contributed by atoms with Gasteiger partial charge in [-0.25, -0.2) is 0 Å². The average Bonchev–Trinajstić information content (AvgIpc) is 2.28. The first kappa shape index (κ1) is 12.2. The minimum absolute atomic E-state index is 0.00363. The van der Waals surface area contributed by atoms with Crippen molar-refractivity contribution in [2.24, 2.45) is 0 Å². The number of aliphatic carboxylic acids is 1. The Labute approximate surface area is 94.9 Å². The quantitative estimate of drug-likeness (QED) is 0.608. The number of carboxylic acids is 1. The van der Waals surface area contributed by atoms with Crippen LogP contribution in [0.15, 0.2) is 12.1 Å². The fourth-order valence-corrected chi connectivity index (χ4v) is 1.60. The van der Waals surface area contributed by atoms with Crippen molar-refractivity contribution >= 4 is 23.0 Å². The summed E-state index contributed by atoms with van der Waals surface area (Å²) in [5.41, 5.74) is 3.33. The lowest BCUT2D eigenvalue weighted by molar-refractivity contribution is -0.136. The summed E-state index contributed by atoms with van der Waals surface area (Å²) in [4.78, 5) is 10.8. The SMILES string of the molecule is CNc1cc(NC)c(CC(=O)O)c(NC)c1. The monoisotopic (exact) mass is 223 g/mol. The van der Waals surface area contributed by atoms with Crippen molar-refractivity contribution < 1.29 is 9.90 Å². The van der Waals surface area contributed by atoms with E-state index in [1.165, 1.54) is 0 Å². The molecule has 0 aliphatic rings. The van der Waals surface area contributed by atoms with E-state index in [0.717, 1.165) is 22.6 Å². The topological polar surface area (TPSA) is 73.4 Å². The molecule has 0 amide bonds. The number of hydrogen-bond acceptors (Lipinski definition) is 4. The molecular weight excluding hydrogens is 206 g/mol. The fourth-order valence-electron chi connectivity index (χ4n) is 1.60. The van der Waals surface area contributed by atoms with Crippen LogP contribution in [0.4, 0.5) is 17.1 Å². The summed E-state index contributed by atoms with van der Waals surface area (Å²) in [6.07, 6.45) is -0.00363. The second kappa shape index (κ2) is 5.25. The number of carboxylic acid groups (broad SMARTS) is 1. The molecule has 0 aliphatic carbocycles. The van der Waals surface area contributed by atoms with Crippen LogP contribution in [0.1, 0.15) is 5.56 Å². The second-order valence-electron chi connectivity index (χ2n) is 3.37. The molecule has 0 radical (unpaired) electrons.